The molecule has 0 aromatic heterocycles. The van der Waals surface area contributed by atoms with Crippen LogP contribution in [0.1, 0.15) is 42.7 Å². The lowest BCUT2D eigenvalue weighted by Gasteiger charge is -2.13. The van der Waals surface area contributed by atoms with Gasteiger partial charge in [0.15, 0.2) is 5.78 Å². The van der Waals surface area contributed by atoms with Gasteiger partial charge in [0.1, 0.15) is 6.10 Å². The number of carbonyl (C=O) groups is 3. The van der Waals surface area contributed by atoms with Gasteiger partial charge in [-0.2, -0.15) is 0 Å². The molecule has 0 bridgehead atoms. The molecule has 4 aromatic rings. The molecule has 0 fully saturated rings. The first-order chi connectivity index (χ1) is 16.5. The van der Waals surface area contributed by atoms with E-state index in [2.05, 4.69) is 10.6 Å². The van der Waals surface area contributed by atoms with E-state index in [-0.39, 0.29) is 5.91 Å². The monoisotopic (exact) mass is 450 g/mol. The number of aliphatic hydroxyl groups excluding tert-OH is 1. The van der Waals surface area contributed by atoms with E-state index in [1.165, 1.54) is 0 Å². The second-order valence-electron chi connectivity index (χ2n) is 7.57. The maximum absolute atomic E-state index is 12.9. The minimum absolute atomic E-state index is 0.298. The number of hydrogen-bond acceptors (Lipinski definition) is 4. The minimum atomic E-state index is -1.26. The lowest BCUT2D eigenvalue weighted by atomic mass is 10.00. The molecule has 0 radical (unpaired) electrons. The van der Waals surface area contributed by atoms with Gasteiger partial charge in [-0.05, 0) is 54.1 Å². The Morgan fingerprint density at radius 2 is 1.18 bits per heavy atom. The molecular weight excluding hydrogens is 428 g/mol. The van der Waals surface area contributed by atoms with Crippen LogP contribution in [-0.4, -0.2) is 22.7 Å². The molecule has 4 aromatic carbocycles. The van der Waals surface area contributed by atoms with E-state index in [0.717, 1.165) is 0 Å². The second-order valence-corrected chi connectivity index (χ2v) is 7.57. The molecule has 0 aliphatic carbocycles. The number of rotatable bonds is 7. The van der Waals surface area contributed by atoms with Crippen LogP contribution in [0.2, 0.25) is 0 Å². The van der Waals surface area contributed by atoms with E-state index in [9.17, 15) is 19.5 Å². The van der Waals surface area contributed by atoms with Gasteiger partial charge in [0.25, 0.3) is 11.8 Å². The van der Waals surface area contributed by atoms with Crippen LogP contribution in [0.4, 0.5) is 11.4 Å². The second kappa shape index (κ2) is 10.4. The van der Waals surface area contributed by atoms with Crippen molar-refractivity contribution in [3.63, 3.8) is 0 Å². The Morgan fingerprint density at radius 3 is 1.85 bits per heavy atom. The van der Waals surface area contributed by atoms with Gasteiger partial charge in [-0.1, -0.05) is 60.7 Å². The number of nitrogens with one attached hydrogen (secondary N) is 2. The fourth-order valence-corrected chi connectivity index (χ4v) is 3.43. The summed E-state index contributed by atoms with van der Waals surface area (Å²) in [6.07, 6.45) is -1.26. The largest absolute Gasteiger partial charge is 0.380 e. The van der Waals surface area contributed by atoms with E-state index < -0.39 is 17.8 Å². The van der Waals surface area contributed by atoms with Crippen molar-refractivity contribution in [2.45, 2.75) is 6.10 Å². The number of Topliss-reactive ketones (excluding diaryl/α,β-unsaturated/α-hetero) is 1. The maximum atomic E-state index is 12.9. The lowest BCUT2D eigenvalue weighted by molar-refractivity contribution is 0.0747. The Morgan fingerprint density at radius 1 is 0.588 bits per heavy atom. The van der Waals surface area contributed by atoms with Crippen LogP contribution in [0.25, 0.3) is 0 Å². The number of benzene rings is 4. The first-order valence-electron chi connectivity index (χ1n) is 10.7. The average molecular weight is 450 g/mol. The van der Waals surface area contributed by atoms with Crippen molar-refractivity contribution in [1.82, 2.24) is 0 Å². The highest BCUT2D eigenvalue weighted by molar-refractivity contribution is 6.12. The molecule has 168 valence electrons. The van der Waals surface area contributed by atoms with Crippen molar-refractivity contribution in [3.05, 3.63) is 131 Å². The minimum Gasteiger partial charge on any atom is -0.380 e. The van der Waals surface area contributed by atoms with E-state index in [4.69, 9.17) is 0 Å². The molecule has 3 N–H and O–H groups in total. The van der Waals surface area contributed by atoms with Gasteiger partial charge in [0.05, 0.1) is 11.3 Å². The molecule has 0 aliphatic heterocycles. The summed E-state index contributed by atoms with van der Waals surface area (Å²) in [5.41, 5.74) is 2.47. The number of aliphatic hydroxyl groups is 1. The molecule has 6 heteroatoms. The molecule has 6 nitrogen and oxygen atoms in total. The van der Waals surface area contributed by atoms with Crippen molar-refractivity contribution >= 4 is 29.0 Å². The van der Waals surface area contributed by atoms with Crippen molar-refractivity contribution in [3.8, 4) is 0 Å². The fraction of sp³-hybridized carbons (Fsp3) is 0.0357. The first-order valence-corrected chi connectivity index (χ1v) is 10.7. The third kappa shape index (κ3) is 5.26. The molecule has 1 unspecified atom stereocenters. The van der Waals surface area contributed by atoms with Crippen molar-refractivity contribution < 1.29 is 19.5 Å². The number of anilines is 2. The molecule has 4 rings (SSSR count). The molecule has 2 amide bonds. The number of amides is 2. The number of ketones is 1. The summed E-state index contributed by atoms with van der Waals surface area (Å²) >= 11 is 0. The van der Waals surface area contributed by atoms with Gasteiger partial charge < -0.3 is 15.7 Å². The molecule has 1 atom stereocenters. The highest BCUT2D eigenvalue weighted by Crippen LogP contribution is 2.21. The first kappa shape index (κ1) is 22.6. The van der Waals surface area contributed by atoms with E-state index >= 15 is 0 Å². The van der Waals surface area contributed by atoms with E-state index in [0.29, 0.717) is 33.6 Å². The van der Waals surface area contributed by atoms with E-state index in [1.54, 1.807) is 97.1 Å². The third-order valence-electron chi connectivity index (χ3n) is 5.25. The predicted molar refractivity (Wildman–Crippen MR) is 131 cm³/mol. The summed E-state index contributed by atoms with van der Waals surface area (Å²) in [6, 6.07) is 30.4. The maximum Gasteiger partial charge on any atom is 0.257 e. The Kier molecular flexibility index (Phi) is 6.91. The Hall–Kier alpha value is -4.55. The summed E-state index contributed by atoms with van der Waals surface area (Å²) in [4.78, 5) is 38.0. The SMILES string of the molecule is O=C(Nc1ccccc1C(=O)Nc1ccc(C(=O)C(O)c2ccccc2)cc1)c1ccccc1. The number of para-hydroxylation sites is 1. The van der Waals surface area contributed by atoms with Crippen LogP contribution >= 0.6 is 0 Å². The quantitative estimate of drug-likeness (QED) is 0.341. The zero-order chi connectivity index (χ0) is 23.9. The van der Waals surface area contributed by atoms with Crippen LogP contribution in [0.5, 0.6) is 0 Å². The topological polar surface area (TPSA) is 95.5 Å². The lowest BCUT2D eigenvalue weighted by Crippen LogP contribution is -2.18. The average Bonchev–Trinajstić information content (AvgIpc) is 2.89. The molecule has 0 spiro atoms. The zero-order valence-corrected chi connectivity index (χ0v) is 18.1. The van der Waals surface area contributed by atoms with Gasteiger partial charge in [0, 0.05) is 16.8 Å². The van der Waals surface area contributed by atoms with Gasteiger partial charge in [-0.15, -0.1) is 0 Å². The van der Waals surface area contributed by atoms with Crippen LogP contribution in [0.15, 0.2) is 109 Å². The third-order valence-corrected chi connectivity index (χ3v) is 5.25. The number of hydrogen-bond donors (Lipinski definition) is 3. The van der Waals surface area contributed by atoms with Gasteiger partial charge >= 0.3 is 0 Å². The summed E-state index contributed by atoms with van der Waals surface area (Å²) in [5, 5.41) is 15.9. The van der Waals surface area contributed by atoms with Gasteiger partial charge in [0.2, 0.25) is 0 Å². The van der Waals surface area contributed by atoms with Gasteiger partial charge in [-0.3, -0.25) is 14.4 Å². The summed E-state index contributed by atoms with van der Waals surface area (Å²) in [5.74, 6) is -1.16. The molecular formula is C28H22N2O4. The number of carbonyl (C=O) groups excluding carboxylic acids is 3. The van der Waals surface area contributed by atoms with Crippen LogP contribution in [-0.2, 0) is 0 Å². The predicted octanol–water partition coefficient (Wildman–Crippen LogP) is 5.11. The molecule has 34 heavy (non-hydrogen) atoms. The van der Waals surface area contributed by atoms with Crippen LogP contribution < -0.4 is 10.6 Å². The molecule has 0 aliphatic rings. The standard InChI is InChI=1S/C28H22N2O4/c31-25(19-9-3-1-4-10-19)26(32)20-15-17-22(18-16-20)29-28(34)23-13-7-8-14-24(23)30-27(33)21-11-5-2-6-12-21/h1-18,25,31H,(H,29,34)(H,30,33). The Labute approximate surface area is 196 Å². The smallest absolute Gasteiger partial charge is 0.257 e. The van der Waals surface area contributed by atoms with Crippen molar-refractivity contribution in [2.24, 2.45) is 0 Å². The fourth-order valence-electron chi connectivity index (χ4n) is 3.43. The van der Waals surface area contributed by atoms with E-state index in [1.807, 2.05) is 12.1 Å². The molecule has 0 heterocycles. The Bertz CT molecular complexity index is 1300. The molecule has 0 saturated carbocycles. The van der Waals surface area contributed by atoms with Crippen LogP contribution in [0.3, 0.4) is 0 Å². The normalized spacial score (nSPS) is 11.3. The highest BCUT2D eigenvalue weighted by atomic mass is 16.3. The Balaban J connectivity index is 1.45. The summed E-state index contributed by atoms with van der Waals surface area (Å²) < 4.78 is 0. The summed E-state index contributed by atoms with van der Waals surface area (Å²) in [6.45, 7) is 0. The molecule has 0 saturated heterocycles. The summed E-state index contributed by atoms with van der Waals surface area (Å²) in [7, 11) is 0. The highest BCUT2D eigenvalue weighted by Gasteiger charge is 2.19. The van der Waals surface area contributed by atoms with Crippen LogP contribution in [0, 0.1) is 0 Å². The van der Waals surface area contributed by atoms with Crippen molar-refractivity contribution in [2.75, 3.05) is 10.6 Å². The zero-order valence-electron chi connectivity index (χ0n) is 18.1. The van der Waals surface area contributed by atoms with Crippen molar-refractivity contribution in [1.29, 1.82) is 0 Å². The van der Waals surface area contributed by atoms with Gasteiger partial charge in [-0.25, -0.2) is 0 Å².